The van der Waals surface area contributed by atoms with E-state index in [9.17, 15) is 4.79 Å². The Balaban J connectivity index is 1.33. The summed E-state index contributed by atoms with van der Waals surface area (Å²) in [5.74, 6) is 1.48. The van der Waals surface area contributed by atoms with Crippen molar-refractivity contribution in [2.75, 3.05) is 36.9 Å². The fourth-order valence-corrected chi connectivity index (χ4v) is 4.74. The number of urea groups is 1. The molecule has 0 bridgehead atoms. The van der Waals surface area contributed by atoms with Gasteiger partial charge in [-0.2, -0.15) is 0 Å². The topological polar surface area (TPSA) is 93.0 Å². The Kier molecular flexibility index (Phi) is 7.65. The van der Waals surface area contributed by atoms with E-state index in [1.54, 1.807) is 54.2 Å². The maximum absolute atomic E-state index is 12.3. The zero-order valence-corrected chi connectivity index (χ0v) is 21.3. The zero-order valence-electron chi connectivity index (χ0n) is 19.7. The van der Waals surface area contributed by atoms with E-state index in [2.05, 4.69) is 30.3 Å². The fraction of sp³-hybridized carbons (Fsp3) is 0.231. The third-order valence-corrected chi connectivity index (χ3v) is 6.85. The zero-order chi connectivity index (χ0) is 25.6. The van der Waals surface area contributed by atoms with Gasteiger partial charge in [0.2, 0.25) is 5.69 Å². The summed E-state index contributed by atoms with van der Waals surface area (Å²) < 4.78 is 12.1. The third-order valence-electron chi connectivity index (χ3n) is 5.83. The van der Waals surface area contributed by atoms with Crippen LogP contribution in [0.3, 0.4) is 0 Å². The molecular formula is C26H23ClN6O3S. The molecule has 0 saturated carbocycles. The van der Waals surface area contributed by atoms with Crippen LogP contribution >= 0.6 is 22.9 Å². The first-order chi connectivity index (χ1) is 18.1. The maximum Gasteiger partial charge on any atom is 0.325 e. The second-order valence-corrected chi connectivity index (χ2v) is 9.62. The highest BCUT2D eigenvalue weighted by molar-refractivity contribution is 7.13. The average molecular weight is 535 g/mol. The van der Waals surface area contributed by atoms with Crippen molar-refractivity contribution in [2.24, 2.45) is 0 Å². The fourth-order valence-electron chi connectivity index (χ4n) is 4.05. The van der Waals surface area contributed by atoms with Gasteiger partial charge in [0.05, 0.1) is 29.4 Å². The number of nitrogens with zero attached hydrogens (tertiary/aromatic N) is 4. The van der Waals surface area contributed by atoms with Crippen LogP contribution in [0.1, 0.15) is 12.8 Å². The summed E-state index contributed by atoms with van der Waals surface area (Å²) in [5, 5.41) is 8.62. The van der Waals surface area contributed by atoms with Gasteiger partial charge in [-0.25, -0.2) is 14.6 Å². The highest BCUT2D eigenvalue weighted by Crippen LogP contribution is 2.38. The second kappa shape index (κ2) is 11.4. The number of anilines is 2. The van der Waals surface area contributed by atoms with Gasteiger partial charge in [0.15, 0.2) is 5.13 Å². The Bertz CT molecular complexity index is 1450. The standard InChI is InChI=1S/C26H23ClN6O3S/c1-28-22-15-18-20(16-24(22)35-12-11-33-9-2-3-10-33)29-7-6-23(18)36-17-4-5-19(27)21(14-17)31-25(34)32-26-30-8-13-37-26/h4-8,13-16H,2-3,9-12H2,(H2,30,31,32,34). The number of aromatic nitrogens is 2. The van der Waals surface area contributed by atoms with Crippen LogP contribution in [0.15, 0.2) is 54.2 Å². The van der Waals surface area contributed by atoms with Crippen molar-refractivity contribution >= 4 is 56.4 Å². The molecule has 4 aromatic rings. The van der Waals surface area contributed by atoms with Crippen molar-refractivity contribution in [3.63, 3.8) is 0 Å². The molecule has 0 spiro atoms. The van der Waals surface area contributed by atoms with Gasteiger partial charge < -0.3 is 14.8 Å². The number of fused-ring (bicyclic) bond motifs is 1. The van der Waals surface area contributed by atoms with Gasteiger partial charge in [-0.05, 0) is 56.3 Å². The van der Waals surface area contributed by atoms with Crippen LogP contribution in [0.4, 0.5) is 21.3 Å². The number of pyridine rings is 1. The number of hydrogen-bond acceptors (Lipinski definition) is 7. The first-order valence-electron chi connectivity index (χ1n) is 11.7. The monoisotopic (exact) mass is 534 g/mol. The minimum Gasteiger partial charge on any atom is -0.503 e. The Morgan fingerprint density at radius 3 is 2.76 bits per heavy atom. The molecule has 188 valence electrons. The van der Waals surface area contributed by atoms with Crippen molar-refractivity contribution in [3.05, 3.63) is 70.6 Å². The first kappa shape index (κ1) is 24.8. The van der Waals surface area contributed by atoms with E-state index in [1.807, 2.05) is 0 Å². The van der Waals surface area contributed by atoms with Crippen LogP contribution in [0, 0.1) is 6.57 Å². The van der Waals surface area contributed by atoms with E-state index < -0.39 is 6.03 Å². The van der Waals surface area contributed by atoms with Gasteiger partial charge in [0, 0.05) is 35.8 Å². The summed E-state index contributed by atoms with van der Waals surface area (Å²) in [5.41, 5.74) is 1.42. The molecule has 11 heteroatoms. The van der Waals surface area contributed by atoms with E-state index in [1.165, 1.54) is 24.2 Å². The molecule has 2 aromatic heterocycles. The molecule has 2 amide bonds. The van der Waals surface area contributed by atoms with Crippen molar-refractivity contribution in [1.29, 1.82) is 0 Å². The molecule has 37 heavy (non-hydrogen) atoms. The molecule has 1 fully saturated rings. The number of hydrogen-bond donors (Lipinski definition) is 2. The summed E-state index contributed by atoms with van der Waals surface area (Å²) in [7, 11) is 0. The van der Waals surface area contributed by atoms with Gasteiger partial charge in [-0.3, -0.25) is 15.2 Å². The van der Waals surface area contributed by atoms with E-state index in [-0.39, 0.29) is 0 Å². The molecule has 0 atom stereocenters. The van der Waals surface area contributed by atoms with Crippen LogP contribution in [-0.2, 0) is 0 Å². The van der Waals surface area contributed by atoms with Gasteiger partial charge in [-0.1, -0.05) is 11.6 Å². The lowest BCUT2D eigenvalue weighted by atomic mass is 10.1. The number of amides is 2. The van der Waals surface area contributed by atoms with Crippen LogP contribution in [-0.4, -0.2) is 47.1 Å². The Morgan fingerprint density at radius 1 is 1.11 bits per heavy atom. The molecule has 2 N–H and O–H groups in total. The molecule has 1 saturated heterocycles. The van der Waals surface area contributed by atoms with Crippen LogP contribution in [0.5, 0.6) is 17.2 Å². The lowest BCUT2D eigenvalue weighted by Gasteiger charge is -2.16. The van der Waals surface area contributed by atoms with E-state index >= 15 is 0 Å². The predicted molar refractivity (Wildman–Crippen MR) is 145 cm³/mol. The summed E-state index contributed by atoms with van der Waals surface area (Å²) >= 11 is 7.60. The molecule has 0 radical (unpaired) electrons. The molecule has 2 aromatic carbocycles. The maximum atomic E-state index is 12.3. The highest BCUT2D eigenvalue weighted by Gasteiger charge is 2.15. The summed E-state index contributed by atoms with van der Waals surface area (Å²) in [6.07, 6.45) is 5.69. The van der Waals surface area contributed by atoms with Gasteiger partial charge in [-0.15, -0.1) is 11.3 Å². The molecule has 3 heterocycles. The summed E-state index contributed by atoms with van der Waals surface area (Å²) in [4.78, 5) is 26.8. The SMILES string of the molecule is [C-]#[N+]c1cc2c(Oc3ccc(Cl)c(NC(=O)Nc4nccs4)c3)ccnc2cc1OCCN1CCCC1. The molecule has 5 rings (SSSR count). The number of rotatable bonds is 8. The number of likely N-dealkylation sites (tertiary alicyclic amines) is 1. The molecule has 1 aliphatic heterocycles. The highest BCUT2D eigenvalue weighted by atomic mass is 35.5. The quantitative estimate of drug-likeness (QED) is 0.241. The van der Waals surface area contributed by atoms with E-state index in [0.29, 0.717) is 56.3 Å². The van der Waals surface area contributed by atoms with Crippen molar-refractivity contribution in [1.82, 2.24) is 14.9 Å². The normalized spacial score (nSPS) is 13.3. The van der Waals surface area contributed by atoms with Crippen LogP contribution < -0.4 is 20.1 Å². The van der Waals surface area contributed by atoms with E-state index in [0.717, 1.165) is 19.6 Å². The molecule has 0 aliphatic carbocycles. The first-order valence-corrected chi connectivity index (χ1v) is 12.9. The van der Waals surface area contributed by atoms with Crippen molar-refractivity contribution in [2.45, 2.75) is 12.8 Å². The number of carbonyl (C=O) groups excluding carboxylic acids is 1. The van der Waals surface area contributed by atoms with Gasteiger partial charge in [0.1, 0.15) is 17.2 Å². The van der Waals surface area contributed by atoms with Crippen LogP contribution in [0.25, 0.3) is 15.7 Å². The van der Waals surface area contributed by atoms with Crippen LogP contribution in [0.2, 0.25) is 5.02 Å². The summed E-state index contributed by atoms with van der Waals surface area (Å²) in [6, 6.07) is 9.72. The second-order valence-electron chi connectivity index (χ2n) is 8.32. The predicted octanol–water partition coefficient (Wildman–Crippen LogP) is 6.81. The molecule has 0 unspecified atom stereocenters. The number of thiazole rings is 1. The van der Waals surface area contributed by atoms with Gasteiger partial charge >= 0.3 is 6.03 Å². The third kappa shape index (κ3) is 6.09. The van der Waals surface area contributed by atoms with Gasteiger partial charge in [0.25, 0.3) is 0 Å². The molecular weight excluding hydrogens is 512 g/mol. The number of carbonyl (C=O) groups is 1. The number of ether oxygens (including phenoxy) is 2. The lowest BCUT2D eigenvalue weighted by Crippen LogP contribution is -2.25. The largest absolute Gasteiger partial charge is 0.503 e. The number of halogens is 1. The Morgan fingerprint density at radius 2 is 1.97 bits per heavy atom. The lowest BCUT2D eigenvalue weighted by molar-refractivity contribution is 0.239. The minimum absolute atomic E-state index is 0.354. The molecule has 9 nitrogen and oxygen atoms in total. The smallest absolute Gasteiger partial charge is 0.325 e. The number of nitrogens with one attached hydrogen (secondary N) is 2. The van der Waals surface area contributed by atoms with E-state index in [4.69, 9.17) is 27.6 Å². The average Bonchev–Trinajstić information content (AvgIpc) is 3.60. The summed E-state index contributed by atoms with van der Waals surface area (Å²) in [6.45, 7) is 11.2. The minimum atomic E-state index is -0.470. The van der Waals surface area contributed by atoms with Crippen molar-refractivity contribution in [3.8, 4) is 17.2 Å². The molecule has 1 aliphatic rings. The van der Waals surface area contributed by atoms with Crippen molar-refractivity contribution < 1.29 is 14.3 Å². The Labute approximate surface area is 222 Å². The number of benzene rings is 2. The Hall–Kier alpha value is -3.91.